The number of benzene rings is 1. The summed E-state index contributed by atoms with van der Waals surface area (Å²) in [6, 6.07) is 6.15. The molecule has 2 aliphatic heterocycles. The molecule has 4 nitrogen and oxygen atoms in total. The highest BCUT2D eigenvalue weighted by Gasteiger charge is 2.30. The fourth-order valence-corrected chi connectivity index (χ4v) is 2.31. The van der Waals surface area contributed by atoms with Gasteiger partial charge in [0.1, 0.15) is 0 Å². The monoisotopic (exact) mass is 235 g/mol. The van der Waals surface area contributed by atoms with Crippen molar-refractivity contribution >= 4 is 0 Å². The van der Waals surface area contributed by atoms with Crippen LogP contribution < -0.4 is 14.8 Å². The van der Waals surface area contributed by atoms with Crippen molar-refractivity contribution < 1.29 is 14.2 Å². The Labute approximate surface area is 101 Å². The minimum atomic E-state index is -0.00250. The van der Waals surface area contributed by atoms with Crippen LogP contribution in [0.2, 0.25) is 0 Å². The first-order chi connectivity index (χ1) is 8.28. The molecule has 2 heterocycles. The number of ether oxygens (including phenoxy) is 3. The van der Waals surface area contributed by atoms with E-state index in [1.165, 1.54) is 5.56 Å². The Morgan fingerprint density at radius 3 is 3.06 bits per heavy atom. The molecule has 0 saturated carbocycles. The molecule has 0 radical (unpaired) electrons. The van der Waals surface area contributed by atoms with Crippen LogP contribution in [0.25, 0.3) is 0 Å². The Morgan fingerprint density at radius 1 is 1.24 bits per heavy atom. The van der Waals surface area contributed by atoms with E-state index in [1.807, 2.05) is 6.07 Å². The van der Waals surface area contributed by atoms with Gasteiger partial charge in [-0.05, 0) is 17.7 Å². The van der Waals surface area contributed by atoms with E-state index < -0.39 is 0 Å². The molecule has 0 amide bonds. The Balaban J connectivity index is 1.91. The number of rotatable bonds is 1. The lowest BCUT2D eigenvalue weighted by atomic mass is 9.83. The molecule has 0 spiro atoms. The van der Waals surface area contributed by atoms with E-state index in [2.05, 4.69) is 24.4 Å². The predicted octanol–water partition coefficient (Wildman–Crippen LogP) is 1.29. The van der Waals surface area contributed by atoms with Crippen LogP contribution in [-0.4, -0.2) is 33.1 Å². The molecule has 1 aromatic carbocycles. The second-order valence-electron chi connectivity index (χ2n) is 4.86. The van der Waals surface area contributed by atoms with Gasteiger partial charge in [0.2, 0.25) is 6.79 Å². The minimum Gasteiger partial charge on any atom is -0.454 e. The molecular weight excluding hydrogens is 218 g/mol. The SMILES string of the molecule is CC1(c2ccc3c(c2)OCO3)CNCCOC1. The van der Waals surface area contributed by atoms with Gasteiger partial charge in [0, 0.05) is 18.5 Å². The van der Waals surface area contributed by atoms with Crippen LogP contribution >= 0.6 is 0 Å². The summed E-state index contributed by atoms with van der Waals surface area (Å²) in [5.74, 6) is 1.67. The molecule has 4 heteroatoms. The molecule has 1 atom stereocenters. The maximum atomic E-state index is 5.65. The van der Waals surface area contributed by atoms with Crippen molar-refractivity contribution in [3.8, 4) is 11.5 Å². The highest BCUT2D eigenvalue weighted by atomic mass is 16.7. The van der Waals surface area contributed by atoms with E-state index in [1.54, 1.807) is 0 Å². The second-order valence-corrected chi connectivity index (χ2v) is 4.86. The molecule has 3 rings (SSSR count). The van der Waals surface area contributed by atoms with Crippen LogP contribution in [-0.2, 0) is 10.2 Å². The molecule has 2 aliphatic rings. The van der Waals surface area contributed by atoms with Gasteiger partial charge in [-0.3, -0.25) is 0 Å². The van der Waals surface area contributed by atoms with Crippen LogP contribution in [0.5, 0.6) is 11.5 Å². The van der Waals surface area contributed by atoms with Crippen molar-refractivity contribution in [3.63, 3.8) is 0 Å². The topological polar surface area (TPSA) is 39.7 Å². The molecule has 1 unspecified atom stereocenters. The summed E-state index contributed by atoms with van der Waals surface area (Å²) in [7, 11) is 0. The predicted molar refractivity (Wildman–Crippen MR) is 63.6 cm³/mol. The molecule has 0 bridgehead atoms. The van der Waals surface area contributed by atoms with E-state index in [0.717, 1.165) is 37.8 Å². The quantitative estimate of drug-likeness (QED) is 0.796. The first-order valence-electron chi connectivity index (χ1n) is 5.97. The lowest BCUT2D eigenvalue weighted by Crippen LogP contribution is -2.36. The first kappa shape index (κ1) is 10.9. The summed E-state index contributed by atoms with van der Waals surface area (Å²) in [4.78, 5) is 0. The highest BCUT2D eigenvalue weighted by molar-refractivity contribution is 5.46. The van der Waals surface area contributed by atoms with E-state index in [4.69, 9.17) is 14.2 Å². The van der Waals surface area contributed by atoms with Crippen molar-refractivity contribution in [3.05, 3.63) is 23.8 Å². The zero-order valence-corrected chi connectivity index (χ0v) is 9.99. The summed E-state index contributed by atoms with van der Waals surface area (Å²) >= 11 is 0. The maximum Gasteiger partial charge on any atom is 0.231 e. The van der Waals surface area contributed by atoms with Gasteiger partial charge in [0.25, 0.3) is 0 Å². The summed E-state index contributed by atoms with van der Waals surface area (Å²) in [6.45, 7) is 5.89. The third kappa shape index (κ3) is 1.98. The molecule has 17 heavy (non-hydrogen) atoms. The van der Waals surface area contributed by atoms with Gasteiger partial charge in [-0.25, -0.2) is 0 Å². The zero-order valence-electron chi connectivity index (χ0n) is 9.99. The van der Waals surface area contributed by atoms with Crippen LogP contribution in [0.15, 0.2) is 18.2 Å². The lowest BCUT2D eigenvalue weighted by molar-refractivity contribution is 0.113. The maximum absolute atomic E-state index is 5.65. The van der Waals surface area contributed by atoms with Crippen molar-refractivity contribution in [2.75, 3.05) is 33.1 Å². The van der Waals surface area contributed by atoms with E-state index in [-0.39, 0.29) is 5.41 Å². The van der Waals surface area contributed by atoms with Crippen LogP contribution in [0.3, 0.4) is 0 Å². The largest absolute Gasteiger partial charge is 0.454 e. The Hall–Kier alpha value is -1.26. The number of hydrogen-bond acceptors (Lipinski definition) is 4. The standard InChI is InChI=1S/C13H17NO3/c1-13(7-14-4-5-15-8-13)10-2-3-11-12(6-10)17-9-16-11/h2-3,6,14H,4-5,7-9H2,1H3. The van der Waals surface area contributed by atoms with E-state index >= 15 is 0 Å². The van der Waals surface area contributed by atoms with Crippen LogP contribution in [0.1, 0.15) is 12.5 Å². The van der Waals surface area contributed by atoms with Crippen LogP contribution in [0, 0.1) is 0 Å². The highest BCUT2D eigenvalue weighted by Crippen LogP contribution is 2.36. The average Bonchev–Trinajstić information content (AvgIpc) is 2.70. The van der Waals surface area contributed by atoms with E-state index in [9.17, 15) is 0 Å². The molecule has 0 aromatic heterocycles. The fourth-order valence-electron chi connectivity index (χ4n) is 2.31. The molecular formula is C13H17NO3. The van der Waals surface area contributed by atoms with Gasteiger partial charge < -0.3 is 19.5 Å². The average molecular weight is 235 g/mol. The Bertz CT molecular complexity index is 411. The van der Waals surface area contributed by atoms with Gasteiger partial charge in [-0.1, -0.05) is 13.0 Å². The zero-order chi connectivity index (χ0) is 11.7. The van der Waals surface area contributed by atoms with Crippen molar-refractivity contribution in [2.45, 2.75) is 12.3 Å². The molecule has 1 saturated heterocycles. The third-order valence-electron chi connectivity index (χ3n) is 3.43. The summed E-state index contributed by atoms with van der Waals surface area (Å²) < 4.78 is 16.4. The molecule has 92 valence electrons. The van der Waals surface area contributed by atoms with Crippen molar-refractivity contribution in [2.24, 2.45) is 0 Å². The first-order valence-corrected chi connectivity index (χ1v) is 5.97. The van der Waals surface area contributed by atoms with Gasteiger partial charge in [-0.15, -0.1) is 0 Å². The van der Waals surface area contributed by atoms with Crippen molar-refractivity contribution in [1.29, 1.82) is 0 Å². The lowest BCUT2D eigenvalue weighted by Gasteiger charge is -2.28. The number of nitrogens with one attached hydrogen (secondary N) is 1. The van der Waals surface area contributed by atoms with Gasteiger partial charge >= 0.3 is 0 Å². The molecule has 0 aliphatic carbocycles. The Morgan fingerprint density at radius 2 is 2.12 bits per heavy atom. The smallest absolute Gasteiger partial charge is 0.231 e. The second kappa shape index (κ2) is 4.20. The summed E-state index contributed by atoms with van der Waals surface area (Å²) in [6.07, 6.45) is 0. The Kier molecular flexibility index (Phi) is 2.68. The normalized spacial score (nSPS) is 27.8. The molecule has 1 N–H and O–H groups in total. The summed E-state index contributed by atoms with van der Waals surface area (Å²) in [5, 5.41) is 3.41. The summed E-state index contributed by atoms with van der Waals surface area (Å²) in [5.41, 5.74) is 1.23. The number of hydrogen-bond donors (Lipinski definition) is 1. The van der Waals surface area contributed by atoms with Crippen LogP contribution in [0.4, 0.5) is 0 Å². The number of fused-ring (bicyclic) bond motifs is 1. The van der Waals surface area contributed by atoms with Gasteiger partial charge in [0.15, 0.2) is 11.5 Å². The third-order valence-corrected chi connectivity index (χ3v) is 3.43. The van der Waals surface area contributed by atoms with E-state index in [0.29, 0.717) is 6.79 Å². The fraction of sp³-hybridized carbons (Fsp3) is 0.538. The molecule has 1 aromatic rings. The van der Waals surface area contributed by atoms with Gasteiger partial charge in [-0.2, -0.15) is 0 Å². The van der Waals surface area contributed by atoms with Crippen molar-refractivity contribution in [1.82, 2.24) is 5.32 Å². The van der Waals surface area contributed by atoms with Gasteiger partial charge in [0.05, 0.1) is 13.2 Å². The minimum absolute atomic E-state index is 0.00250. The molecule has 1 fully saturated rings.